The van der Waals surface area contributed by atoms with Crippen molar-refractivity contribution in [2.24, 2.45) is 4.99 Å². The summed E-state index contributed by atoms with van der Waals surface area (Å²) < 4.78 is 12.9. The van der Waals surface area contributed by atoms with Gasteiger partial charge in [-0.15, -0.1) is 24.0 Å². The molecule has 0 aromatic carbocycles. The Balaban J connectivity index is 0.00000420. The molecular formula is C20H33IN6O2. The van der Waals surface area contributed by atoms with E-state index in [0.717, 1.165) is 43.3 Å². The van der Waals surface area contributed by atoms with Crippen LogP contribution in [0.2, 0.25) is 0 Å². The number of unbranched alkanes of at least 4 members (excludes halogenated alkanes) is 1. The van der Waals surface area contributed by atoms with Crippen LogP contribution in [0.4, 0.5) is 0 Å². The Hall–Kier alpha value is -1.72. The lowest BCUT2D eigenvalue weighted by Crippen LogP contribution is -2.39. The molecule has 0 saturated heterocycles. The third-order valence-corrected chi connectivity index (χ3v) is 3.90. The van der Waals surface area contributed by atoms with Crippen molar-refractivity contribution >= 4 is 29.9 Å². The first kappa shape index (κ1) is 25.3. The number of rotatable bonds is 13. The van der Waals surface area contributed by atoms with Crippen LogP contribution in [0.3, 0.4) is 0 Å². The topological polar surface area (TPSA) is 85.6 Å². The molecule has 0 atom stereocenters. The zero-order chi connectivity index (χ0) is 19.9. The van der Waals surface area contributed by atoms with Crippen LogP contribution in [-0.2, 0) is 16.0 Å². The minimum Gasteiger partial charge on any atom is -0.379 e. The third-order valence-electron chi connectivity index (χ3n) is 3.90. The minimum absolute atomic E-state index is 0. The highest BCUT2D eigenvalue weighted by atomic mass is 127. The normalized spacial score (nSPS) is 11.2. The van der Waals surface area contributed by atoms with E-state index in [4.69, 9.17) is 9.47 Å². The molecule has 2 N–H and O–H groups in total. The molecule has 2 heterocycles. The molecule has 0 aliphatic carbocycles. The molecule has 0 unspecified atom stereocenters. The van der Waals surface area contributed by atoms with Gasteiger partial charge in [0, 0.05) is 38.3 Å². The monoisotopic (exact) mass is 516 g/mol. The number of nitrogens with zero attached hydrogens (tertiary/aromatic N) is 4. The molecule has 0 bridgehead atoms. The number of hydrogen-bond acceptors (Lipinski definition) is 5. The molecule has 0 saturated carbocycles. The van der Waals surface area contributed by atoms with Gasteiger partial charge in [0.25, 0.3) is 0 Å². The zero-order valence-electron chi connectivity index (χ0n) is 17.3. The van der Waals surface area contributed by atoms with Crippen molar-refractivity contribution < 1.29 is 9.47 Å². The highest BCUT2D eigenvalue weighted by Crippen LogP contribution is 2.06. The fraction of sp³-hybridized carbons (Fsp3) is 0.550. The van der Waals surface area contributed by atoms with E-state index >= 15 is 0 Å². The van der Waals surface area contributed by atoms with Gasteiger partial charge < -0.3 is 20.1 Å². The average Bonchev–Trinajstić information content (AvgIpc) is 3.26. The molecule has 8 nitrogen and oxygen atoms in total. The van der Waals surface area contributed by atoms with Gasteiger partial charge in [0.15, 0.2) is 5.96 Å². The van der Waals surface area contributed by atoms with E-state index in [0.29, 0.717) is 32.9 Å². The second kappa shape index (κ2) is 16.1. The highest BCUT2D eigenvalue weighted by Gasteiger charge is 2.00. The standard InChI is InChI=1S/C20H32N6O2.HI/c1-3-5-11-27-13-14-28-12-9-23-20(22-4-2)25-16-18-6-7-19(24-15-18)26-10-8-21-17-26;/h6-8,10,15,17H,3-5,9,11-14,16H2,1-2H3,(H2,22,23,25);1H. The number of aliphatic imine (C=N–C) groups is 1. The fourth-order valence-corrected chi connectivity index (χ4v) is 2.38. The number of pyridine rings is 1. The maximum Gasteiger partial charge on any atom is 0.191 e. The van der Waals surface area contributed by atoms with Crippen LogP contribution >= 0.6 is 24.0 Å². The Morgan fingerprint density at radius 1 is 1.10 bits per heavy atom. The lowest BCUT2D eigenvalue weighted by atomic mass is 10.3. The van der Waals surface area contributed by atoms with E-state index in [1.54, 1.807) is 12.5 Å². The van der Waals surface area contributed by atoms with Crippen LogP contribution in [0, 0.1) is 0 Å². The third kappa shape index (κ3) is 10.6. The van der Waals surface area contributed by atoms with Gasteiger partial charge >= 0.3 is 0 Å². The van der Waals surface area contributed by atoms with Gasteiger partial charge in [0.2, 0.25) is 0 Å². The van der Waals surface area contributed by atoms with Crippen LogP contribution in [0.15, 0.2) is 42.0 Å². The van der Waals surface area contributed by atoms with Crippen molar-refractivity contribution in [1.29, 1.82) is 0 Å². The number of aromatic nitrogens is 3. The van der Waals surface area contributed by atoms with Crippen LogP contribution in [0.25, 0.3) is 5.82 Å². The molecular weight excluding hydrogens is 483 g/mol. The summed E-state index contributed by atoms with van der Waals surface area (Å²) in [5.74, 6) is 1.61. The number of ether oxygens (including phenoxy) is 2. The molecule has 2 aromatic rings. The van der Waals surface area contributed by atoms with Gasteiger partial charge in [-0.1, -0.05) is 19.4 Å². The number of hydrogen-bond donors (Lipinski definition) is 2. The van der Waals surface area contributed by atoms with E-state index < -0.39 is 0 Å². The zero-order valence-corrected chi connectivity index (χ0v) is 19.7. The first-order chi connectivity index (χ1) is 13.8. The Labute approximate surface area is 190 Å². The predicted octanol–water partition coefficient (Wildman–Crippen LogP) is 2.77. The number of guanidine groups is 1. The smallest absolute Gasteiger partial charge is 0.191 e. The summed E-state index contributed by atoms with van der Waals surface area (Å²) in [4.78, 5) is 13.1. The minimum atomic E-state index is 0. The first-order valence-corrected chi connectivity index (χ1v) is 9.94. The van der Waals surface area contributed by atoms with Crippen LogP contribution in [-0.4, -0.2) is 60.0 Å². The molecule has 0 aliphatic heterocycles. The van der Waals surface area contributed by atoms with Gasteiger partial charge in [-0.3, -0.25) is 4.57 Å². The second-order valence-electron chi connectivity index (χ2n) is 6.19. The Bertz CT molecular complexity index is 664. The molecule has 0 fully saturated rings. The number of nitrogens with one attached hydrogen (secondary N) is 2. The van der Waals surface area contributed by atoms with Crippen LogP contribution < -0.4 is 10.6 Å². The summed E-state index contributed by atoms with van der Waals surface area (Å²) in [6, 6.07) is 3.99. The van der Waals surface area contributed by atoms with Crippen molar-refractivity contribution in [1.82, 2.24) is 25.2 Å². The summed E-state index contributed by atoms with van der Waals surface area (Å²) in [6.45, 7) is 8.94. The van der Waals surface area contributed by atoms with Crippen LogP contribution in [0.5, 0.6) is 0 Å². The molecule has 2 aromatic heterocycles. The molecule has 0 amide bonds. The van der Waals surface area contributed by atoms with E-state index in [1.165, 1.54) is 0 Å². The molecule has 29 heavy (non-hydrogen) atoms. The van der Waals surface area contributed by atoms with E-state index in [1.807, 2.05) is 36.0 Å². The summed E-state index contributed by atoms with van der Waals surface area (Å²) in [5, 5.41) is 6.51. The Morgan fingerprint density at radius 2 is 1.93 bits per heavy atom. The Morgan fingerprint density at radius 3 is 2.59 bits per heavy atom. The lowest BCUT2D eigenvalue weighted by molar-refractivity contribution is 0.0487. The summed E-state index contributed by atoms with van der Waals surface area (Å²) >= 11 is 0. The van der Waals surface area contributed by atoms with Gasteiger partial charge in [-0.05, 0) is 25.0 Å². The van der Waals surface area contributed by atoms with Crippen molar-refractivity contribution in [3.05, 3.63) is 42.6 Å². The number of halogens is 1. The predicted molar refractivity (Wildman–Crippen MR) is 126 cm³/mol. The molecule has 0 aliphatic rings. The molecule has 9 heteroatoms. The van der Waals surface area contributed by atoms with Gasteiger partial charge in [0.05, 0.1) is 26.4 Å². The van der Waals surface area contributed by atoms with Gasteiger partial charge in [0.1, 0.15) is 12.1 Å². The van der Waals surface area contributed by atoms with Crippen molar-refractivity contribution in [3.63, 3.8) is 0 Å². The number of imidazole rings is 1. The largest absolute Gasteiger partial charge is 0.379 e. The van der Waals surface area contributed by atoms with Crippen molar-refractivity contribution in [3.8, 4) is 5.82 Å². The molecule has 0 spiro atoms. The summed E-state index contributed by atoms with van der Waals surface area (Å²) in [6.07, 6.45) is 9.43. The summed E-state index contributed by atoms with van der Waals surface area (Å²) in [7, 11) is 0. The SMILES string of the molecule is CCCCOCCOCCNC(=NCc1ccc(-n2ccnc2)nc1)NCC.I. The van der Waals surface area contributed by atoms with Gasteiger partial charge in [-0.2, -0.15) is 0 Å². The maximum atomic E-state index is 5.57. The first-order valence-electron chi connectivity index (χ1n) is 9.94. The van der Waals surface area contributed by atoms with E-state index in [2.05, 4.69) is 32.5 Å². The average molecular weight is 516 g/mol. The quantitative estimate of drug-likeness (QED) is 0.184. The lowest BCUT2D eigenvalue weighted by Gasteiger charge is -2.12. The van der Waals surface area contributed by atoms with Crippen molar-refractivity contribution in [2.75, 3.05) is 39.5 Å². The van der Waals surface area contributed by atoms with E-state index in [9.17, 15) is 0 Å². The van der Waals surface area contributed by atoms with Crippen LogP contribution in [0.1, 0.15) is 32.3 Å². The molecule has 0 radical (unpaired) electrons. The second-order valence-corrected chi connectivity index (χ2v) is 6.19. The highest BCUT2D eigenvalue weighted by molar-refractivity contribution is 14.0. The molecule has 2 rings (SSSR count). The fourth-order valence-electron chi connectivity index (χ4n) is 2.38. The van der Waals surface area contributed by atoms with E-state index in [-0.39, 0.29) is 24.0 Å². The van der Waals surface area contributed by atoms with Crippen molar-refractivity contribution in [2.45, 2.75) is 33.2 Å². The summed E-state index contributed by atoms with van der Waals surface area (Å²) in [5.41, 5.74) is 1.04. The Kier molecular flexibility index (Phi) is 14.1. The van der Waals surface area contributed by atoms with Gasteiger partial charge in [-0.25, -0.2) is 15.0 Å². The molecule has 162 valence electrons. The maximum absolute atomic E-state index is 5.57.